The molecule has 0 spiro atoms. The average molecular weight is 184 g/mol. The molecule has 0 heterocycles. The van der Waals surface area contributed by atoms with Crippen LogP contribution in [0.1, 0.15) is 18.5 Å². The molecule has 1 aromatic carbocycles. The molecule has 0 fully saturated rings. The van der Waals surface area contributed by atoms with Crippen molar-refractivity contribution in [1.82, 2.24) is 0 Å². The van der Waals surface area contributed by atoms with E-state index in [9.17, 15) is 4.79 Å². The topological polar surface area (TPSA) is 37.3 Å². The second kappa shape index (κ2) is 4.09. The van der Waals surface area contributed by atoms with Crippen LogP contribution in [0.25, 0.3) is 6.08 Å². The predicted octanol–water partition coefficient (Wildman–Crippen LogP) is -1.00. The van der Waals surface area contributed by atoms with Crippen molar-refractivity contribution in [3.8, 4) is 0 Å². The molecule has 2 nitrogen and oxygen atoms in total. The number of hydrogen-bond acceptors (Lipinski definition) is 1. The van der Waals surface area contributed by atoms with Gasteiger partial charge in [0.1, 0.15) is 5.92 Å². The third-order valence-electron chi connectivity index (χ3n) is 2.07. The third kappa shape index (κ3) is 1.85. The van der Waals surface area contributed by atoms with Crippen molar-refractivity contribution in [2.75, 3.05) is 0 Å². The quantitative estimate of drug-likeness (QED) is 0.568. The fourth-order valence-corrected chi connectivity index (χ4v) is 1.46. The number of fused-ring (bicyclic) bond motifs is 1. The van der Waals surface area contributed by atoms with Gasteiger partial charge in [0, 0.05) is 0 Å². The molecule has 0 amide bonds. The summed E-state index contributed by atoms with van der Waals surface area (Å²) in [6.45, 7) is 0. The summed E-state index contributed by atoms with van der Waals surface area (Å²) in [6.07, 6.45) is 3.57. The summed E-state index contributed by atoms with van der Waals surface area (Å²) in [4.78, 5) is 10.7. The Morgan fingerprint density at radius 2 is 2.08 bits per heavy atom. The maximum atomic E-state index is 10.7. The van der Waals surface area contributed by atoms with Gasteiger partial charge in [-0.05, 0) is 11.1 Å². The number of rotatable bonds is 1. The molecule has 1 aliphatic carbocycles. The van der Waals surface area contributed by atoms with Crippen molar-refractivity contribution in [3.05, 3.63) is 41.5 Å². The van der Waals surface area contributed by atoms with Crippen molar-refractivity contribution in [2.24, 2.45) is 0 Å². The van der Waals surface area contributed by atoms with Gasteiger partial charge < -0.3 is 6.53 Å². The van der Waals surface area contributed by atoms with E-state index in [4.69, 9.17) is 5.11 Å². The summed E-state index contributed by atoms with van der Waals surface area (Å²) >= 11 is 0. The molecule has 3 heteroatoms. The predicted molar refractivity (Wildman–Crippen MR) is 47.0 cm³/mol. The van der Waals surface area contributed by atoms with Crippen LogP contribution in [0.3, 0.4) is 0 Å². The first-order valence-corrected chi connectivity index (χ1v) is 3.79. The number of hydrogen-bond donors (Lipinski definition) is 1. The van der Waals surface area contributed by atoms with E-state index in [2.05, 4.69) is 0 Å². The zero-order valence-electron chi connectivity index (χ0n) is 8.40. The molecule has 62 valence electrons. The van der Waals surface area contributed by atoms with Crippen molar-refractivity contribution >= 4 is 12.0 Å². The second-order valence-corrected chi connectivity index (χ2v) is 2.80. The van der Waals surface area contributed by atoms with Crippen LogP contribution < -0.4 is 29.6 Å². The first-order valence-electron chi connectivity index (χ1n) is 3.79. The van der Waals surface area contributed by atoms with Gasteiger partial charge in [0.2, 0.25) is 0 Å². The maximum Gasteiger partial charge on any atom is 1.00 e. The molecule has 0 aliphatic heterocycles. The van der Waals surface area contributed by atoms with Crippen molar-refractivity contribution < 1.29 is 40.9 Å². The minimum atomic E-state index is -0.781. The molecule has 0 bridgehead atoms. The first-order chi connectivity index (χ1) is 5.79. The Hall–Kier alpha value is -0.570. The Morgan fingerprint density at radius 1 is 1.38 bits per heavy atom. The van der Waals surface area contributed by atoms with Crippen LogP contribution in [0.5, 0.6) is 0 Å². The van der Waals surface area contributed by atoms with Crippen LogP contribution in [0.15, 0.2) is 30.3 Å². The second-order valence-electron chi connectivity index (χ2n) is 2.80. The SMILES string of the molecule is O=C(O)C1C=Cc2ccccc21.[H-].[Na+]. The van der Waals surface area contributed by atoms with Gasteiger partial charge >= 0.3 is 35.5 Å². The largest absolute Gasteiger partial charge is 1.00 e. The molecule has 13 heavy (non-hydrogen) atoms. The van der Waals surface area contributed by atoms with Crippen molar-refractivity contribution in [1.29, 1.82) is 0 Å². The zero-order chi connectivity index (χ0) is 8.55. The normalized spacial score (nSPS) is 17.7. The Morgan fingerprint density at radius 3 is 2.77 bits per heavy atom. The monoisotopic (exact) mass is 184 g/mol. The van der Waals surface area contributed by atoms with Gasteiger partial charge in [-0.15, -0.1) is 0 Å². The zero-order valence-corrected chi connectivity index (χ0v) is 9.40. The van der Waals surface area contributed by atoms with Crippen LogP contribution in [0.4, 0.5) is 0 Å². The van der Waals surface area contributed by atoms with E-state index in [1.165, 1.54) is 0 Å². The minimum absolute atomic E-state index is 0. The fourth-order valence-electron chi connectivity index (χ4n) is 1.46. The average Bonchev–Trinajstić information content (AvgIpc) is 2.47. The minimum Gasteiger partial charge on any atom is -1.00 e. The van der Waals surface area contributed by atoms with Crippen LogP contribution in [0, 0.1) is 0 Å². The molecule has 1 unspecified atom stereocenters. The molecule has 1 atom stereocenters. The number of aliphatic carboxylic acids is 1. The summed E-state index contributed by atoms with van der Waals surface area (Å²) in [6, 6.07) is 7.55. The molecule has 0 radical (unpaired) electrons. The van der Waals surface area contributed by atoms with Gasteiger partial charge in [-0.1, -0.05) is 36.4 Å². The molecule has 0 saturated heterocycles. The Kier molecular flexibility index (Phi) is 3.31. The van der Waals surface area contributed by atoms with E-state index in [-0.39, 0.29) is 31.0 Å². The molecule has 1 aliphatic rings. The summed E-state index contributed by atoms with van der Waals surface area (Å²) < 4.78 is 0. The van der Waals surface area contributed by atoms with E-state index >= 15 is 0 Å². The summed E-state index contributed by atoms with van der Waals surface area (Å²) in [7, 11) is 0. The van der Waals surface area contributed by atoms with E-state index in [0.717, 1.165) is 11.1 Å². The molecule has 0 saturated carbocycles. The van der Waals surface area contributed by atoms with Crippen LogP contribution in [-0.4, -0.2) is 11.1 Å². The van der Waals surface area contributed by atoms with Gasteiger partial charge in [-0.3, -0.25) is 4.79 Å². The van der Waals surface area contributed by atoms with Gasteiger partial charge in [0.15, 0.2) is 0 Å². The third-order valence-corrected chi connectivity index (χ3v) is 2.07. The van der Waals surface area contributed by atoms with Crippen molar-refractivity contribution in [2.45, 2.75) is 5.92 Å². The molecule has 2 rings (SSSR count). The number of benzene rings is 1. The summed E-state index contributed by atoms with van der Waals surface area (Å²) in [5.41, 5.74) is 1.91. The van der Waals surface area contributed by atoms with E-state index < -0.39 is 11.9 Å². The van der Waals surface area contributed by atoms with E-state index in [1.54, 1.807) is 6.08 Å². The van der Waals surface area contributed by atoms with Crippen LogP contribution >= 0.6 is 0 Å². The number of carboxylic acid groups (broad SMARTS) is 1. The fraction of sp³-hybridized carbons (Fsp3) is 0.100. The van der Waals surface area contributed by atoms with Gasteiger partial charge in [0.05, 0.1) is 0 Å². The van der Waals surface area contributed by atoms with Crippen molar-refractivity contribution in [3.63, 3.8) is 0 Å². The molecular weight excluding hydrogens is 175 g/mol. The molecular formula is C10H9NaO2. The first kappa shape index (κ1) is 10.5. The Labute approximate surface area is 100 Å². The number of carbonyl (C=O) groups is 1. The Bertz CT molecular complexity index is 363. The van der Waals surface area contributed by atoms with Gasteiger partial charge in [-0.25, -0.2) is 0 Å². The Balaban J connectivity index is 0.000000845. The smallest absolute Gasteiger partial charge is 1.00 e. The van der Waals surface area contributed by atoms with Gasteiger partial charge in [-0.2, -0.15) is 0 Å². The van der Waals surface area contributed by atoms with Crippen LogP contribution in [-0.2, 0) is 4.79 Å². The van der Waals surface area contributed by atoms with Crippen LogP contribution in [0.2, 0.25) is 0 Å². The maximum absolute atomic E-state index is 10.7. The standard InChI is InChI=1S/C10H8O2.Na.H/c11-10(12)9-6-5-7-3-1-2-4-8(7)9;;/h1-6,9H,(H,11,12);;/q;+1;-1. The van der Waals surface area contributed by atoms with E-state index in [0.29, 0.717) is 0 Å². The van der Waals surface area contributed by atoms with E-state index in [1.807, 2.05) is 30.3 Å². The van der Waals surface area contributed by atoms with Gasteiger partial charge in [0.25, 0.3) is 0 Å². The summed E-state index contributed by atoms with van der Waals surface area (Å²) in [5.74, 6) is -1.22. The summed E-state index contributed by atoms with van der Waals surface area (Å²) in [5, 5.41) is 8.81. The molecule has 0 aromatic heterocycles. The molecule has 1 N–H and O–H groups in total. The number of carboxylic acids is 1. The molecule has 1 aromatic rings.